The third-order valence-electron chi connectivity index (χ3n) is 3.99. The second-order valence-corrected chi connectivity index (χ2v) is 5.16. The van der Waals surface area contributed by atoms with E-state index in [0.717, 1.165) is 37.2 Å². The van der Waals surface area contributed by atoms with E-state index in [-0.39, 0.29) is 11.9 Å². The number of fused-ring (bicyclic) bond motifs is 1. The monoisotopic (exact) mass is 248 g/mol. The molecule has 2 atom stereocenters. The topological polar surface area (TPSA) is 36.3 Å². The van der Waals surface area contributed by atoms with Gasteiger partial charge >= 0.3 is 0 Å². The molecule has 1 saturated heterocycles. The second-order valence-electron chi connectivity index (χ2n) is 5.16. The fourth-order valence-corrected chi connectivity index (χ4v) is 2.82. The van der Waals surface area contributed by atoms with Crippen LogP contribution in [-0.4, -0.2) is 30.0 Å². The first-order valence-electron chi connectivity index (χ1n) is 6.39. The number of nitrogens with zero attached hydrogens (tertiary/aromatic N) is 1. The molecular formula is C14H17FN2O. The molecule has 1 fully saturated rings. The number of halogens is 1. The summed E-state index contributed by atoms with van der Waals surface area (Å²) in [5.41, 5.74) is 1.79. The highest BCUT2D eigenvalue weighted by Gasteiger charge is 2.31. The maximum Gasteiger partial charge on any atom is 0.128 e. The van der Waals surface area contributed by atoms with Crippen molar-refractivity contribution >= 4 is 5.84 Å². The normalized spacial score (nSPS) is 26.8. The van der Waals surface area contributed by atoms with Gasteiger partial charge in [-0.15, -0.1) is 0 Å². The molecule has 18 heavy (non-hydrogen) atoms. The quantitative estimate of drug-likeness (QED) is 0.872. The van der Waals surface area contributed by atoms with E-state index in [0.29, 0.717) is 11.8 Å². The van der Waals surface area contributed by atoms with E-state index in [2.05, 4.69) is 6.92 Å². The molecule has 2 aliphatic heterocycles. The van der Waals surface area contributed by atoms with Crippen LogP contribution in [-0.2, 0) is 11.3 Å². The lowest BCUT2D eigenvalue weighted by molar-refractivity contribution is 0.0996. The van der Waals surface area contributed by atoms with Gasteiger partial charge in [-0.2, -0.15) is 0 Å². The number of rotatable bonds is 2. The minimum atomic E-state index is -0.266. The van der Waals surface area contributed by atoms with Gasteiger partial charge in [0.15, 0.2) is 0 Å². The van der Waals surface area contributed by atoms with Crippen LogP contribution in [0.5, 0.6) is 0 Å². The lowest BCUT2D eigenvalue weighted by Crippen LogP contribution is -2.32. The second kappa shape index (κ2) is 4.35. The Bertz CT molecular complexity index is 489. The van der Waals surface area contributed by atoms with E-state index in [4.69, 9.17) is 10.1 Å². The van der Waals surface area contributed by atoms with Gasteiger partial charge in [0.1, 0.15) is 11.7 Å². The third kappa shape index (κ3) is 1.90. The highest BCUT2D eigenvalue weighted by molar-refractivity contribution is 6.00. The molecule has 2 unspecified atom stereocenters. The molecule has 96 valence electrons. The van der Waals surface area contributed by atoms with E-state index < -0.39 is 0 Å². The van der Waals surface area contributed by atoms with Crippen LogP contribution in [0.4, 0.5) is 4.39 Å². The molecule has 2 aliphatic rings. The van der Waals surface area contributed by atoms with Crippen LogP contribution in [0.1, 0.15) is 24.5 Å². The van der Waals surface area contributed by atoms with Gasteiger partial charge in [0.2, 0.25) is 0 Å². The Kier molecular flexibility index (Phi) is 2.82. The van der Waals surface area contributed by atoms with Crippen molar-refractivity contribution in [2.24, 2.45) is 5.92 Å². The van der Waals surface area contributed by atoms with Crippen LogP contribution in [0.25, 0.3) is 0 Å². The summed E-state index contributed by atoms with van der Waals surface area (Å²) in [6.07, 6.45) is 1.31. The van der Waals surface area contributed by atoms with Crippen LogP contribution in [0.15, 0.2) is 18.2 Å². The number of benzene rings is 1. The predicted molar refractivity (Wildman–Crippen MR) is 67.2 cm³/mol. The van der Waals surface area contributed by atoms with Crippen LogP contribution in [0.3, 0.4) is 0 Å². The fourth-order valence-electron chi connectivity index (χ4n) is 2.82. The molecule has 0 aliphatic carbocycles. The molecule has 2 heterocycles. The van der Waals surface area contributed by atoms with Crippen molar-refractivity contribution in [1.29, 1.82) is 5.41 Å². The van der Waals surface area contributed by atoms with E-state index >= 15 is 0 Å². The first-order chi connectivity index (χ1) is 8.65. The van der Waals surface area contributed by atoms with Gasteiger partial charge in [0.25, 0.3) is 0 Å². The molecule has 1 aromatic rings. The molecular weight excluding hydrogens is 231 g/mol. The van der Waals surface area contributed by atoms with E-state index in [1.807, 2.05) is 4.90 Å². The van der Waals surface area contributed by atoms with Crippen molar-refractivity contribution in [3.8, 4) is 0 Å². The molecule has 3 nitrogen and oxygen atoms in total. The van der Waals surface area contributed by atoms with Crippen molar-refractivity contribution in [2.75, 3.05) is 13.2 Å². The van der Waals surface area contributed by atoms with Gasteiger partial charge in [-0.3, -0.25) is 5.41 Å². The van der Waals surface area contributed by atoms with Gasteiger partial charge in [-0.05, 0) is 31.0 Å². The lowest BCUT2D eigenvalue weighted by atomic mass is 10.0. The Morgan fingerprint density at radius 3 is 3.06 bits per heavy atom. The number of ether oxygens (including phenoxy) is 1. The van der Waals surface area contributed by atoms with Crippen LogP contribution in [0.2, 0.25) is 0 Å². The molecule has 0 radical (unpaired) electrons. The molecule has 1 aromatic carbocycles. The van der Waals surface area contributed by atoms with Gasteiger partial charge < -0.3 is 9.64 Å². The summed E-state index contributed by atoms with van der Waals surface area (Å²) in [6, 6.07) is 4.72. The highest BCUT2D eigenvalue weighted by atomic mass is 19.1. The van der Waals surface area contributed by atoms with Crippen molar-refractivity contribution < 1.29 is 9.13 Å². The summed E-state index contributed by atoms with van der Waals surface area (Å²) >= 11 is 0. The Labute approximate surface area is 106 Å². The summed E-state index contributed by atoms with van der Waals surface area (Å²) in [5.74, 6) is 0.658. The zero-order chi connectivity index (χ0) is 12.7. The molecule has 3 rings (SSSR count). The fraction of sp³-hybridized carbons (Fsp3) is 0.500. The largest absolute Gasteiger partial charge is 0.378 e. The summed E-state index contributed by atoms with van der Waals surface area (Å²) in [4.78, 5) is 2.03. The van der Waals surface area contributed by atoms with Crippen molar-refractivity contribution in [3.63, 3.8) is 0 Å². The molecule has 0 saturated carbocycles. The van der Waals surface area contributed by atoms with Gasteiger partial charge in [-0.25, -0.2) is 4.39 Å². The van der Waals surface area contributed by atoms with Gasteiger partial charge in [0.05, 0.1) is 6.10 Å². The number of hydrogen-bond acceptors (Lipinski definition) is 2. The average Bonchev–Trinajstić information content (AvgIpc) is 2.87. The lowest BCUT2D eigenvalue weighted by Gasteiger charge is -2.23. The molecule has 0 spiro atoms. The third-order valence-corrected chi connectivity index (χ3v) is 3.99. The number of nitrogens with one attached hydrogen (secondary N) is 1. The zero-order valence-corrected chi connectivity index (χ0v) is 10.4. The van der Waals surface area contributed by atoms with Crippen LogP contribution in [0, 0.1) is 17.1 Å². The average molecular weight is 248 g/mol. The minimum absolute atomic E-state index is 0.262. The van der Waals surface area contributed by atoms with Gasteiger partial charge in [0, 0.05) is 31.2 Å². The van der Waals surface area contributed by atoms with Crippen LogP contribution >= 0.6 is 0 Å². The summed E-state index contributed by atoms with van der Waals surface area (Å²) in [7, 11) is 0. The smallest absolute Gasteiger partial charge is 0.128 e. The Morgan fingerprint density at radius 1 is 1.50 bits per heavy atom. The van der Waals surface area contributed by atoms with Crippen molar-refractivity contribution in [3.05, 3.63) is 35.1 Å². The molecule has 4 heteroatoms. The Balaban J connectivity index is 1.76. The number of hydrogen-bond donors (Lipinski definition) is 1. The molecule has 0 amide bonds. The Morgan fingerprint density at radius 2 is 2.33 bits per heavy atom. The highest BCUT2D eigenvalue weighted by Crippen LogP contribution is 2.28. The van der Waals surface area contributed by atoms with Crippen molar-refractivity contribution in [2.45, 2.75) is 26.0 Å². The maximum atomic E-state index is 13.2. The van der Waals surface area contributed by atoms with E-state index in [1.54, 1.807) is 6.07 Å². The summed E-state index contributed by atoms with van der Waals surface area (Å²) < 4.78 is 18.7. The van der Waals surface area contributed by atoms with Crippen LogP contribution < -0.4 is 0 Å². The summed E-state index contributed by atoms with van der Waals surface area (Å²) in [5, 5.41) is 8.13. The summed E-state index contributed by atoms with van der Waals surface area (Å²) in [6.45, 7) is 4.45. The minimum Gasteiger partial charge on any atom is -0.378 e. The Hall–Kier alpha value is -1.42. The maximum absolute atomic E-state index is 13.2. The van der Waals surface area contributed by atoms with E-state index in [1.165, 1.54) is 12.1 Å². The number of amidine groups is 1. The standard InChI is InChI=1S/C14H17FN2O/c1-9-10(4-5-18-9)7-17-8-11-2-3-12(15)6-13(11)14(17)16/h2-3,6,9-10,16H,4-5,7-8H2,1H3. The van der Waals surface area contributed by atoms with E-state index in [9.17, 15) is 4.39 Å². The van der Waals surface area contributed by atoms with Gasteiger partial charge in [-0.1, -0.05) is 6.07 Å². The SMILES string of the molecule is CC1OCCC1CN1Cc2ccc(F)cc2C1=N. The first kappa shape index (κ1) is 11.7. The molecule has 0 bridgehead atoms. The first-order valence-corrected chi connectivity index (χ1v) is 6.39. The molecule has 1 N–H and O–H groups in total. The molecule has 0 aromatic heterocycles. The predicted octanol–water partition coefficient (Wildman–Crippen LogP) is 2.39. The van der Waals surface area contributed by atoms with Crippen molar-refractivity contribution in [1.82, 2.24) is 4.90 Å². The zero-order valence-electron chi connectivity index (χ0n) is 10.4.